The lowest BCUT2D eigenvalue weighted by molar-refractivity contribution is -0.0231. The zero-order valence-electron chi connectivity index (χ0n) is 20.0. The number of benzene rings is 2. The summed E-state index contributed by atoms with van der Waals surface area (Å²) in [6.07, 6.45) is 4.05. The normalized spacial score (nSPS) is 16.9. The molecule has 1 amide bonds. The van der Waals surface area contributed by atoms with Gasteiger partial charge in [-0.2, -0.15) is 10.4 Å². The van der Waals surface area contributed by atoms with Gasteiger partial charge in [0.1, 0.15) is 5.82 Å². The van der Waals surface area contributed by atoms with Gasteiger partial charge in [-0.15, -0.1) is 0 Å². The molecule has 1 aliphatic carbocycles. The van der Waals surface area contributed by atoms with Crippen LogP contribution in [0.1, 0.15) is 63.6 Å². The summed E-state index contributed by atoms with van der Waals surface area (Å²) in [4.78, 5) is 19.6. The number of aryl methyl sites for hydroxylation is 1. The first-order valence-corrected chi connectivity index (χ1v) is 12.0. The largest absolute Gasteiger partial charge is 0.384 e. The van der Waals surface area contributed by atoms with Gasteiger partial charge in [0.2, 0.25) is 0 Å². The van der Waals surface area contributed by atoms with Crippen molar-refractivity contribution in [2.24, 2.45) is 0 Å². The van der Waals surface area contributed by atoms with Crippen LogP contribution in [0.4, 0.5) is 4.39 Å². The Morgan fingerprint density at radius 3 is 2.66 bits per heavy atom. The second-order valence-electron chi connectivity index (χ2n) is 9.55. The van der Waals surface area contributed by atoms with Crippen LogP contribution in [0.5, 0.6) is 0 Å². The molecule has 7 nitrogen and oxygen atoms in total. The van der Waals surface area contributed by atoms with Crippen LogP contribution in [0, 0.1) is 18.3 Å². The molecule has 5 rings (SSSR count). The fraction of sp³-hybridized carbons (Fsp3) is 0.407. The van der Waals surface area contributed by atoms with Crippen LogP contribution < -0.4 is 0 Å². The number of nitriles is 1. The topological polar surface area (TPSA) is 94.9 Å². The molecule has 2 aromatic carbocycles. The molecule has 0 radical (unpaired) electrons. The maximum atomic E-state index is 15.5. The lowest BCUT2D eigenvalue weighted by Gasteiger charge is -2.45. The molecule has 3 aromatic rings. The van der Waals surface area contributed by atoms with Gasteiger partial charge >= 0.3 is 0 Å². The number of amides is 1. The molecule has 1 N–H and O–H groups in total. The van der Waals surface area contributed by atoms with E-state index in [0.717, 1.165) is 29.8 Å². The number of methoxy groups -OCH3 is 1. The summed E-state index contributed by atoms with van der Waals surface area (Å²) in [6, 6.07) is 12.5. The molecule has 2 aliphatic rings. The van der Waals surface area contributed by atoms with Gasteiger partial charge in [0, 0.05) is 24.7 Å². The third-order valence-electron chi connectivity index (χ3n) is 7.19. The highest BCUT2D eigenvalue weighted by Gasteiger charge is 2.47. The molecule has 1 aliphatic heterocycles. The van der Waals surface area contributed by atoms with E-state index in [1.54, 1.807) is 31.4 Å². The molecule has 8 heteroatoms. The maximum Gasteiger partial charge on any atom is 0.254 e. The Morgan fingerprint density at radius 2 is 2.03 bits per heavy atom. The van der Waals surface area contributed by atoms with E-state index in [-0.39, 0.29) is 19.0 Å². The van der Waals surface area contributed by atoms with Crippen molar-refractivity contribution < 1.29 is 13.9 Å². The van der Waals surface area contributed by atoms with Crippen molar-refractivity contribution in [3.05, 3.63) is 70.0 Å². The lowest BCUT2D eigenvalue weighted by Crippen LogP contribution is -2.58. The van der Waals surface area contributed by atoms with Crippen molar-refractivity contribution in [3.8, 4) is 17.5 Å². The Kier molecular flexibility index (Phi) is 6.12. The number of hydrogen-bond donors (Lipinski definition) is 1. The number of carbonyl (C=O) groups excluding carboxylic acids is 1. The SMILES string of the molecule is COCCc1nc(-c2cc(C(=O)N3CC(F)(c4ccc(C#N)cc4)C3)c(C)cc2C2CCC2)n[nH]1. The van der Waals surface area contributed by atoms with Gasteiger partial charge in [-0.3, -0.25) is 9.89 Å². The van der Waals surface area contributed by atoms with E-state index in [4.69, 9.17) is 10.00 Å². The summed E-state index contributed by atoms with van der Waals surface area (Å²) in [5, 5.41) is 16.4. The van der Waals surface area contributed by atoms with Crippen molar-refractivity contribution in [2.75, 3.05) is 26.8 Å². The zero-order chi connectivity index (χ0) is 24.6. The number of H-pyrrole nitrogens is 1. The first-order chi connectivity index (χ1) is 16.9. The molecule has 2 fully saturated rings. The number of halogens is 1. The van der Waals surface area contributed by atoms with Crippen LogP contribution >= 0.6 is 0 Å². The number of nitrogens with one attached hydrogen (secondary N) is 1. The summed E-state index contributed by atoms with van der Waals surface area (Å²) in [5.74, 6) is 1.56. The van der Waals surface area contributed by atoms with Crippen LogP contribution in [-0.2, 0) is 16.8 Å². The van der Waals surface area contributed by atoms with Gasteiger partial charge in [0.15, 0.2) is 11.5 Å². The zero-order valence-corrected chi connectivity index (χ0v) is 20.0. The van der Waals surface area contributed by atoms with Crippen molar-refractivity contribution in [1.82, 2.24) is 20.1 Å². The number of rotatable bonds is 7. The molecule has 35 heavy (non-hydrogen) atoms. The maximum absolute atomic E-state index is 15.5. The Hall–Kier alpha value is -3.57. The second kappa shape index (κ2) is 9.23. The fourth-order valence-electron chi connectivity index (χ4n) is 4.84. The molecule has 0 unspecified atom stereocenters. The highest BCUT2D eigenvalue weighted by molar-refractivity contribution is 5.98. The highest BCUT2D eigenvalue weighted by Crippen LogP contribution is 2.42. The third kappa shape index (κ3) is 4.32. The monoisotopic (exact) mass is 473 g/mol. The molecule has 2 heterocycles. The fourth-order valence-corrected chi connectivity index (χ4v) is 4.84. The molecule has 1 saturated carbocycles. The van der Waals surface area contributed by atoms with E-state index in [2.05, 4.69) is 21.2 Å². The molecule has 0 atom stereocenters. The van der Waals surface area contributed by atoms with E-state index < -0.39 is 5.67 Å². The molecule has 1 aromatic heterocycles. The van der Waals surface area contributed by atoms with Gasteiger partial charge in [0.25, 0.3) is 5.91 Å². The summed E-state index contributed by atoms with van der Waals surface area (Å²) in [7, 11) is 1.65. The first kappa shape index (κ1) is 23.2. The van der Waals surface area contributed by atoms with Crippen LogP contribution in [0.15, 0.2) is 36.4 Å². The van der Waals surface area contributed by atoms with Crippen molar-refractivity contribution >= 4 is 5.91 Å². The molecule has 1 saturated heterocycles. The molecule has 0 bridgehead atoms. The molecular formula is C27H28FN5O2. The quantitative estimate of drug-likeness (QED) is 0.548. The summed E-state index contributed by atoms with van der Waals surface area (Å²) in [5.41, 5.74) is 2.83. The number of likely N-dealkylation sites (tertiary alicyclic amines) is 1. The van der Waals surface area contributed by atoms with E-state index in [0.29, 0.717) is 41.5 Å². The summed E-state index contributed by atoms with van der Waals surface area (Å²) in [6.45, 7) is 2.45. The number of ether oxygens (including phenoxy) is 1. The molecule has 0 spiro atoms. The Bertz CT molecular complexity index is 1280. The predicted molar refractivity (Wildman–Crippen MR) is 129 cm³/mol. The van der Waals surface area contributed by atoms with Gasteiger partial charge in [-0.25, -0.2) is 9.37 Å². The van der Waals surface area contributed by atoms with Gasteiger partial charge < -0.3 is 9.64 Å². The number of aromatic amines is 1. The van der Waals surface area contributed by atoms with Crippen LogP contribution in [0.3, 0.4) is 0 Å². The average Bonchev–Trinajstić information content (AvgIpc) is 3.28. The first-order valence-electron chi connectivity index (χ1n) is 12.0. The van der Waals surface area contributed by atoms with Gasteiger partial charge in [-0.05, 0) is 60.6 Å². The summed E-state index contributed by atoms with van der Waals surface area (Å²) >= 11 is 0. The third-order valence-corrected chi connectivity index (χ3v) is 7.19. The minimum absolute atomic E-state index is 0.0152. The smallest absolute Gasteiger partial charge is 0.254 e. The van der Waals surface area contributed by atoms with Crippen LogP contribution in [0.2, 0.25) is 0 Å². The van der Waals surface area contributed by atoms with Gasteiger partial charge in [-0.1, -0.05) is 24.6 Å². The highest BCUT2D eigenvalue weighted by atomic mass is 19.1. The van der Waals surface area contributed by atoms with Crippen molar-refractivity contribution in [3.63, 3.8) is 0 Å². The average molecular weight is 474 g/mol. The van der Waals surface area contributed by atoms with Gasteiger partial charge in [0.05, 0.1) is 31.3 Å². The van der Waals surface area contributed by atoms with E-state index >= 15 is 4.39 Å². The minimum atomic E-state index is -1.60. The molecule has 180 valence electrons. The molecular weight excluding hydrogens is 445 g/mol. The minimum Gasteiger partial charge on any atom is -0.384 e. The predicted octanol–water partition coefficient (Wildman–Crippen LogP) is 4.43. The second-order valence-corrected chi connectivity index (χ2v) is 9.55. The van der Waals surface area contributed by atoms with Crippen LogP contribution in [0.25, 0.3) is 11.4 Å². The van der Waals surface area contributed by atoms with Crippen molar-refractivity contribution in [2.45, 2.75) is 44.2 Å². The standard InChI is InChI=1S/C27H28FN5O2/c1-17-12-22(19-4-3-5-19)23(25-30-24(31-32-25)10-11-35-2)13-21(17)26(34)33-15-27(28,16-33)20-8-6-18(14-29)7-9-20/h6-9,12-13,19H,3-5,10-11,15-16H2,1-2H3,(H,30,31,32). The lowest BCUT2D eigenvalue weighted by atomic mass is 9.77. The Labute approximate surface area is 203 Å². The summed E-state index contributed by atoms with van der Waals surface area (Å²) < 4.78 is 20.6. The number of carbonyl (C=O) groups is 1. The van der Waals surface area contributed by atoms with Crippen molar-refractivity contribution in [1.29, 1.82) is 5.26 Å². The van der Waals surface area contributed by atoms with E-state index in [1.165, 1.54) is 16.9 Å². The number of hydrogen-bond acceptors (Lipinski definition) is 5. The number of aromatic nitrogens is 3. The van der Waals surface area contributed by atoms with E-state index in [9.17, 15) is 4.79 Å². The number of alkyl halides is 1. The van der Waals surface area contributed by atoms with E-state index in [1.807, 2.05) is 19.1 Å². The number of nitrogens with zero attached hydrogens (tertiary/aromatic N) is 4. The Morgan fingerprint density at radius 1 is 1.29 bits per heavy atom. The Balaban J connectivity index is 1.40. The van der Waals surface area contributed by atoms with Crippen LogP contribution in [-0.4, -0.2) is 52.8 Å².